The third-order valence-electron chi connectivity index (χ3n) is 6.25. The van der Waals surface area contributed by atoms with Gasteiger partial charge in [-0.25, -0.2) is 0 Å². The van der Waals surface area contributed by atoms with Gasteiger partial charge < -0.3 is 23.7 Å². The van der Waals surface area contributed by atoms with Crippen LogP contribution in [0.1, 0.15) is 23.1 Å². The minimum Gasteiger partial charge on any atom is -0.374 e. The average Bonchev–Trinajstić information content (AvgIpc) is 2.96. The molecule has 1 heterocycles. The molecule has 0 amide bonds. The topological polar surface area (TPSA) is 46.2 Å². The van der Waals surface area contributed by atoms with Crippen LogP contribution in [0.2, 0.25) is 0 Å². The van der Waals surface area contributed by atoms with Crippen LogP contribution in [0.15, 0.2) is 115 Å². The first-order valence-electron chi connectivity index (χ1n) is 12.7. The molecule has 0 N–H and O–H groups in total. The molecule has 1 saturated heterocycles. The maximum atomic E-state index is 6.56. The summed E-state index contributed by atoms with van der Waals surface area (Å²) in [4.78, 5) is 0. The average molecular weight is 501 g/mol. The quantitative estimate of drug-likeness (QED) is 0.260. The van der Waals surface area contributed by atoms with E-state index < -0.39 is 12.4 Å². The number of benzene rings is 3. The Labute approximate surface area is 220 Å². The first-order valence-corrected chi connectivity index (χ1v) is 12.7. The fourth-order valence-corrected chi connectivity index (χ4v) is 4.37. The van der Waals surface area contributed by atoms with Gasteiger partial charge in [-0.3, -0.25) is 0 Å². The Kier molecular flexibility index (Phi) is 10.7. The predicted molar refractivity (Wildman–Crippen MR) is 145 cm³/mol. The second-order valence-electron chi connectivity index (χ2n) is 8.95. The second-order valence-corrected chi connectivity index (χ2v) is 8.95. The minimum atomic E-state index is -0.567. The standard InChI is InChI=1S/C32H36O5/c1-3-4-20-28-30(35-22-26-16-10-6-11-17-26)31(36-23-27-18-12-7-13-19-27)29(37-32(28)33-2)24-34-21-25-14-8-5-9-15-25/h3,5-20,29-32H,1,4,21-24H2,2H3/b28-20+/t29-,30-,31-,32+/m1/s1. The monoisotopic (exact) mass is 500 g/mol. The molecular weight excluding hydrogens is 464 g/mol. The molecule has 0 saturated carbocycles. The van der Waals surface area contributed by atoms with Gasteiger partial charge in [-0.2, -0.15) is 0 Å². The van der Waals surface area contributed by atoms with Crippen LogP contribution in [0.25, 0.3) is 0 Å². The molecule has 0 aliphatic carbocycles. The van der Waals surface area contributed by atoms with Crippen molar-refractivity contribution in [2.75, 3.05) is 13.7 Å². The number of methoxy groups -OCH3 is 1. The van der Waals surface area contributed by atoms with E-state index in [-0.39, 0.29) is 12.2 Å². The molecule has 0 unspecified atom stereocenters. The Morgan fingerprint density at radius 2 is 1.30 bits per heavy atom. The molecule has 0 radical (unpaired) electrons. The summed E-state index contributed by atoms with van der Waals surface area (Å²) in [6.45, 7) is 5.57. The molecule has 0 spiro atoms. The van der Waals surface area contributed by atoms with Crippen molar-refractivity contribution in [3.8, 4) is 0 Å². The van der Waals surface area contributed by atoms with Gasteiger partial charge in [0, 0.05) is 12.7 Å². The summed E-state index contributed by atoms with van der Waals surface area (Å²) in [6, 6.07) is 30.4. The number of allylic oxidation sites excluding steroid dienone is 2. The molecule has 3 aromatic carbocycles. The molecular formula is C32H36O5. The maximum Gasteiger partial charge on any atom is 0.182 e. The Morgan fingerprint density at radius 1 is 0.757 bits per heavy atom. The minimum absolute atomic E-state index is 0.341. The molecule has 5 heteroatoms. The molecule has 1 fully saturated rings. The van der Waals surface area contributed by atoms with E-state index in [0.717, 1.165) is 22.3 Å². The van der Waals surface area contributed by atoms with E-state index in [2.05, 4.69) is 36.9 Å². The van der Waals surface area contributed by atoms with Gasteiger partial charge >= 0.3 is 0 Å². The van der Waals surface area contributed by atoms with Crippen LogP contribution >= 0.6 is 0 Å². The summed E-state index contributed by atoms with van der Waals surface area (Å²) in [5.41, 5.74) is 4.17. The van der Waals surface area contributed by atoms with Gasteiger partial charge in [-0.15, -0.1) is 6.58 Å². The molecule has 0 aromatic heterocycles. The van der Waals surface area contributed by atoms with Gasteiger partial charge in [-0.1, -0.05) is 103 Å². The van der Waals surface area contributed by atoms with E-state index in [1.807, 2.05) is 72.8 Å². The summed E-state index contributed by atoms with van der Waals surface area (Å²) < 4.78 is 31.4. The first kappa shape index (κ1) is 27.0. The maximum absolute atomic E-state index is 6.56. The Morgan fingerprint density at radius 3 is 1.84 bits per heavy atom. The van der Waals surface area contributed by atoms with E-state index in [9.17, 15) is 0 Å². The molecule has 4 rings (SSSR count). The van der Waals surface area contributed by atoms with Crippen LogP contribution in [0.3, 0.4) is 0 Å². The number of ether oxygens (including phenoxy) is 5. The summed E-state index contributed by atoms with van der Waals surface area (Å²) in [7, 11) is 1.65. The van der Waals surface area contributed by atoms with Crippen LogP contribution in [0, 0.1) is 0 Å². The van der Waals surface area contributed by atoms with E-state index in [1.165, 1.54) is 0 Å². The van der Waals surface area contributed by atoms with Crippen molar-refractivity contribution in [1.29, 1.82) is 0 Å². The van der Waals surface area contributed by atoms with Crippen molar-refractivity contribution in [2.45, 2.75) is 50.8 Å². The van der Waals surface area contributed by atoms with E-state index in [1.54, 1.807) is 7.11 Å². The molecule has 0 bridgehead atoms. The lowest BCUT2D eigenvalue weighted by Crippen LogP contribution is -2.54. The van der Waals surface area contributed by atoms with Crippen LogP contribution in [0.4, 0.5) is 0 Å². The van der Waals surface area contributed by atoms with Gasteiger partial charge in [0.1, 0.15) is 18.3 Å². The molecule has 5 nitrogen and oxygen atoms in total. The highest BCUT2D eigenvalue weighted by molar-refractivity contribution is 5.21. The normalized spacial score (nSPS) is 22.7. The van der Waals surface area contributed by atoms with Gasteiger partial charge in [0.25, 0.3) is 0 Å². The Balaban J connectivity index is 1.57. The summed E-state index contributed by atoms with van der Waals surface area (Å²) in [5.74, 6) is 0. The number of hydrogen-bond donors (Lipinski definition) is 0. The highest BCUT2D eigenvalue weighted by Gasteiger charge is 2.44. The lowest BCUT2D eigenvalue weighted by molar-refractivity contribution is -0.243. The Hall–Kier alpha value is -3.06. The van der Waals surface area contributed by atoms with Gasteiger partial charge in [0.15, 0.2) is 6.29 Å². The van der Waals surface area contributed by atoms with Crippen molar-refractivity contribution < 1.29 is 23.7 Å². The second kappa shape index (κ2) is 14.6. The third kappa shape index (κ3) is 7.96. The van der Waals surface area contributed by atoms with Crippen molar-refractivity contribution in [3.05, 3.63) is 132 Å². The van der Waals surface area contributed by atoms with Crippen LogP contribution in [0.5, 0.6) is 0 Å². The number of hydrogen-bond acceptors (Lipinski definition) is 5. The van der Waals surface area contributed by atoms with Crippen molar-refractivity contribution >= 4 is 0 Å². The largest absolute Gasteiger partial charge is 0.374 e. The van der Waals surface area contributed by atoms with E-state index in [4.69, 9.17) is 23.7 Å². The zero-order chi connectivity index (χ0) is 25.7. The first-order chi connectivity index (χ1) is 18.3. The summed E-state index contributed by atoms with van der Waals surface area (Å²) in [6.07, 6.45) is 2.85. The Bertz CT molecular complexity index is 1080. The fraction of sp³-hybridized carbons (Fsp3) is 0.312. The van der Waals surface area contributed by atoms with Gasteiger partial charge in [-0.05, 0) is 23.1 Å². The highest BCUT2D eigenvalue weighted by Crippen LogP contribution is 2.32. The third-order valence-corrected chi connectivity index (χ3v) is 6.25. The predicted octanol–water partition coefficient (Wildman–Crippen LogP) is 6.25. The lowest BCUT2D eigenvalue weighted by Gasteiger charge is -2.42. The zero-order valence-corrected chi connectivity index (χ0v) is 21.4. The van der Waals surface area contributed by atoms with Crippen LogP contribution in [-0.2, 0) is 43.5 Å². The fourth-order valence-electron chi connectivity index (χ4n) is 4.37. The van der Waals surface area contributed by atoms with Crippen molar-refractivity contribution in [1.82, 2.24) is 0 Å². The van der Waals surface area contributed by atoms with Crippen molar-refractivity contribution in [3.63, 3.8) is 0 Å². The smallest absolute Gasteiger partial charge is 0.182 e. The molecule has 1 aliphatic heterocycles. The molecule has 1 aliphatic rings. The summed E-state index contributed by atoms with van der Waals surface area (Å²) >= 11 is 0. The van der Waals surface area contributed by atoms with E-state index in [0.29, 0.717) is 32.8 Å². The SMILES string of the molecule is C=CC/C=C1/[C@@H](OC)O[C@H](COCc2ccccc2)[C@@H](OCc2ccccc2)[C@@H]1OCc1ccccc1. The lowest BCUT2D eigenvalue weighted by atomic mass is 9.94. The van der Waals surface area contributed by atoms with Crippen LogP contribution in [-0.4, -0.2) is 38.3 Å². The van der Waals surface area contributed by atoms with Gasteiger partial charge in [0.05, 0.1) is 26.4 Å². The summed E-state index contributed by atoms with van der Waals surface area (Å²) in [5, 5.41) is 0. The van der Waals surface area contributed by atoms with Gasteiger partial charge in [0.2, 0.25) is 0 Å². The zero-order valence-electron chi connectivity index (χ0n) is 21.4. The highest BCUT2D eigenvalue weighted by atomic mass is 16.7. The molecule has 37 heavy (non-hydrogen) atoms. The van der Waals surface area contributed by atoms with Crippen LogP contribution < -0.4 is 0 Å². The number of rotatable bonds is 13. The molecule has 194 valence electrons. The molecule has 3 aromatic rings. The van der Waals surface area contributed by atoms with E-state index >= 15 is 0 Å². The molecule has 4 atom stereocenters. The van der Waals surface area contributed by atoms with Crippen molar-refractivity contribution in [2.24, 2.45) is 0 Å².